The summed E-state index contributed by atoms with van der Waals surface area (Å²) in [6.07, 6.45) is 3.37. The van der Waals surface area contributed by atoms with Gasteiger partial charge in [0.2, 0.25) is 5.91 Å². The van der Waals surface area contributed by atoms with Gasteiger partial charge < -0.3 is 20.1 Å². The minimum atomic E-state index is -1.17. The summed E-state index contributed by atoms with van der Waals surface area (Å²) in [5, 5.41) is 13.0. The highest BCUT2D eigenvalue weighted by Crippen LogP contribution is 2.38. The van der Waals surface area contributed by atoms with Crippen LogP contribution in [0.4, 0.5) is 5.69 Å². The maximum Gasteiger partial charge on any atom is 0.257 e. The predicted molar refractivity (Wildman–Crippen MR) is 119 cm³/mol. The van der Waals surface area contributed by atoms with Gasteiger partial charge in [0, 0.05) is 35.3 Å². The monoisotopic (exact) mass is 442 g/mol. The lowest BCUT2D eigenvalue weighted by molar-refractivity contribution is -0.117. The van der Waals surface area contributed by atoms with Gasteiger partial charge in [-0.25, -0.2) is 0 Å². The van der Waals surface area contributed by atoms with E-state index in [4.69, 9.17) is 4.74 Å². The summed E-state index contributed by atoms with van der Waals surface area (Å²) >= 11 is 0. The van der Waals surface area contributed by atoms with Crippen LogP contribution in [0.2, 0.25) is 0 Å². The molecule has 4 rings (SSSR count). The van der Waals surface area contributed by atoms with E-state index in [1.54, 1.807) is 29.4 Å². The Morgan fingerprint density at radius 1 is 1.32 bits per heavy atom. The number of carbonyl (C=O) groups is 2. The zero-order valence-electron chi connectivity index (χ0n) is 17.6. The third kappa shape index (κ3) is 4.44. The van der Waals surface area contributed by atoms with Gasteiger partial charge in [0.1, 0.15) is 0 Å². The first-order valence-electron chi connectivity index (χ1n) is 10.4. The number of carbonyl (C=O) groups excluding carboxylic acids is 2. The van der Waals surface area contributed by atoms with Crippen molar-refractivity contribution in [2.24, 2.45) is 5.92 Å². The number of aromatic hydroxyl groups is 1. The second-order valence-corrected chi connectivity index (χ2v) is 9.43. The number of hydrogen-bond donors (Lipinski definition) is 2. The Labute approximate surface area is 183 Å². The first-order chi connectivity index (χ1) is 14.9. The number of phenolic OH excluding ortho intramolecular Hbond substituents is 1. The van der Waals surface area contributed by atoms with Crippen molar-refractivity contribution in [2.75, 3.05) is 23.9 Å². The number of amides is 2. The molecule has 2 aromatic rings. The van der Waals surface area contributed by atoms with Gasteiger partial charge in [-0.2, -0.15) is 0 Å². The molecule has 8 heteroatoms. The first-order valence-corrected chi connectivity index (χ1v) is 12.1. The number of benzene rings is 2. The Morgan fingerprint density at radius 2 is 2.10 bits per heavy atom. The standard InChI is InChI=1S/C23H26N2O5S/c1-3-30-20-11-15(9-10-19(20)26)18(13-31(2)29)25-12-16-5-4-6-17(21(16)23(25)28)24-22(27)14-7-8-14/h4-6,9-11,14,18,26H,3,7-8,12-13H2,1-2H3,(H,24,27). The van der Waals surface area contributed by atoms with Crippen molar-refractivity contribution in [3.8, 4) is 11.5 Å². The van der Waals surface area contributed by atoms with Crippen LogP contribution < -0.4 is 10.1 Å². The van der Waals surface area contributed by atoms with E-state index in [0.29, 0.717) is 30.2 Å². The number of ether oxygens (including phenoxy) is 1. The van der Waals surface area contributed by atoms with Crippen molar-refractivity contribution in [1.29, 1.82) is 0 Å². The van der Waals surface area contributed by atoms with Crippen LogP contribution in [0.5, 0.6) is 11.5 Å². The average molecular weight is 443 g/mol. The molecule has 0 bridgehead atoms. The van der Waals surface area contributed by atoms with Crippen molar-refractivity contribution in [2.45, 2.75) is 32.4 Å². The van der Waals surface area contributed by atoms with Gasteiger partial charge in [-0.3, -0.25) is 13.8 Å². The minimum absolute atomic E-state index is 0.0167. The summed E-state index contributed by atoms with van der Waals surface area (Å²) in [4.78, 5) is 27.4. The Bertz CT molecular complexity index is 1050. The van der Waals surface area contributed by atoms with Crippen LogP contribution in [0, 0.1) is 5.92 Å². The fourth-order valence-corrected chi connectivity index (χ4v) is 4.73. The highest BCUT2D eigenvalue weighted by atomic mass is 32.2. The van der Waals surface area contributed by atoms with E-state index in [0.717, 1.165) is 24.0 Å². The third-order valence-corrected chi connectivity index (χ3v) is 6.39. The highest BCUT2D eigenvalue weighted by molar-refractivity contribution is 7.84. The summed E-state index contributed by atoms with van der Waals surface area (Å²) in [6.45, 7) is 2.57. The SMILES string of the molecule is CCOc1cc(C(CS(C)=O)N2Cc3cccc(NC(=O)C4CC4)c3C2=O)ccc1O. The van der Waals surface area contributed by atoms with E-state index in [9.17, 15) is 18.9 Å². The molecule has 1 heterocycles. The molecule has 1 fully saturated rings. The van der Waals surface area contributed by atoms with Crippen LogP contribution >= 0.6 is 0 Å². The van der Waals surface area contributed by atoms with Crippen molar-refractivity contribution in [3.63, 3.8) is 0 Å². The molecule has 0 spiro atoms. The quantitative estimate of drug-likeness (QED) is 0.655. The van der Waals surface area contributed by atoms with Gasteiger partial charge in [0.05, 0.1) is 23.9 Å². The Balaban J connectivity index is 1.67. The van der Waals surface area contributed by atoms with E-state index in [2.05, 4.69) is 5.32 Å². The zero-order valence-corrected chi connectivity index (χ0v) is 18.4. The van der Waals surface area contributed by atoms with Gasteiger partial charge in [0.15, 0.2) is 11.5 Å². The molecule has 31 heavy (non-hydrogen) atoms. The summed E-state index contributed by atoms with van der Waals surface area (Å²) in [6, 6.07) is 9.95. The summed E-state index contributed by atoms with van der Waals surface area (Å²) < 4.78 is 17.7. The maximum atomic E-state index is 13.5. The molecule has 164 valence electrons. The topological polar surface area (TPSA) is 95.9 Å². The Morgan fingerprint density at radius 3 is 2.77 bits per heavy atom. The molecule has 0 saturated heterocycles. The van der Waals surface area contributed by atoms with Crippen LogP contribution in [0.25, 0.3) is 0 Å². The molecule has 2 aliphatic rings. The molecule has 2 aromatic carbocycles. The molecular weight excluding hydrogens is 416 g/mol. The molecular formula is C23H26N2O5S. The number of hydrogen-bond acceptors (Lipinski definition) is 5. The number of rotatable bonds is 8. The molecule has 1 aliphatic heterocycles. The molecule has 2 N–H and O–H groups in total. The molecule has 1 saturated carbocycles. The normalized spacial score (nSPS) is 17.2. The van der Waals surface area contributed by atoms with Crippen LogP contribution in [0.3, 0.4) is 0 Å². The highest BCUT2D eigenvalue weighted by Gasteiger charge is 2.37. The molecule has 7 nitrogen and oxygen atoms in total. The van der Waals surface area contributed by atoms with Gasteiger partial charge in [-0.05, 0) is 49.1 Å². The molecule has 2 atom stereocenters. The summed E-state index contributed by atoms with van der Waals surface area (Å²) in [5.74, 6) is 0.373. The summed E-state index contributed by atoms with van der Waals surface area (Å²) in [5.41, 5.74) is 2.58. The Kier molecular flexibility index (Phi) is 6.00. The fourth-order valence-electron chi connectivity index (χ4n) is 3.92. The average Bonchev–Trinajstić information content (AvgIpc) is 3.52. The Hall–Kier alpha value is -2.87. The van der Waals surface area contributed by atoms with Crippen molar-refractivity contribution in [3.05, 3.63) is 53.1 Å². The number of phenols is 1. The largest absolute Gasteiger partial charge is 0.504 e. The third-order valence-electron chi connectivity index (χ3n) is 5.61. The second-order valence-electron chi connectivity index (χ2n) is 7.95. The van der Waals surface area contributed by atoms with Crippen LogP contribution in [-0.4, -0.2) is 44.6 Å². The predicted octanol–water partition coefficient (Wildman–Crippen LogP) is 3.22. The maximum absolute atomic E-state index is 13.5. The van der Waals surface area contributed by atoms with E-state index in [1.807, 2.05) is 19.1 Å². The van der Waals surface area contributed by atoms with Crippen LogP contribution in [0.15, 0.2) is 36.4 Å². The smallest absolute Gasteiger partial charge is 0.257 e. The fraction of sp³-hybridized carbons (Fsp3) is 0.391. The minimum Gasteiger partial charge on any atom is -0.504 e. The number of nitrogens with one attached hydrogen (secondary N) is 1. The van der Waals surface area contributed by atoms with Crippen molar-refractivity contribution in [1.82, 2.24) is 4.90 Å². The first kappa shape index (κ1) is 21.4. The molecule has 0 aromatic heterocycles. The van der Waals surface area contributed by atoms with Crippen molar-refractivity contribution >= 4 is 28.3 Å². The van der Waals surface area contributed by atoms with Gasteiger partial charge in [-0.1, -0.05) is 18.2 Å². The summed E-state index contributed by atoms with van der Waals surface area (Å²) in [7, 11) is -1.17. The lowest BCUT2D eigenvalue weighted by Crippen LogP contribution is -2.33. The van der Waals surface area contributed by atoms with E-state index >= 15 is 0 Å². The lowest BCUT2D eigenvalue weighted by Gasteiger charge is -2.28. The second kappa shape index (κ2) is 8.70. The zero-order chi connectivity index (χ0) is 22.1. The van der Waals surface area contributed by atoms with Gasteiger partial charge in [0.25, 0.3) is 5.91 Å². The molecule has 0 radical (unpaired) electrons. The molecule has 2 unspecified atom stereocenters. The van der Waals surface area contributed by atoms with E-state index < -0.39 is 16.8 Å². The number of anilines is 1. The van der Waals surface area contributed by atoms with Gasteiger partial charge >= 0.3 is 0 Å². The van der Waals surface area contributed by atoms with Gasteiger partial charge in [-0.15, -0.1) is 0 Å². The molecule has 2 amide bonds. The van der Waals surface area contributed by atoms with Crippen molar-refractivity contribution < 1.29 is 23.6 Å². The van der Waals surface area contributed by atoms with Crippen LogP contribution in [0.1, 0.15) is 47.3 Å². The number of nitrogens with zero attached hydrogens (tertiary/aromatic N) is 1. The van der Waals surface area contributed by atoms with Crippen LogP contribution in [-0.2, 0) is 22.1 Å². The lowest BCUT2D eigenvalue weighted by atomic mass is 10.1. The van der Waals surface area contributed by atoms with E-state index in [1.165, 1.54) is 6.07 Å². The van der Waals surface area contributed by atoms with E-state index in [-0.39, 0.29) is 29.2 Å². The molecule has 1 aliphatic carbocycles. The number of fused-ring (bicyclic) bond motifs is 1.